The van der Waals surface area contributed by atoms with Crippen molar-refractivity contribution in [2.24, 2.45) is 0 Å². The molecule has 1 N–H and O–H groups in total. The van der Waals surface area contributed by atoms with Crippen molar-refractivity contribution < 1.29 is 22.7 Å². The number of anilines is 1. The highest BCUT2D eigenvalue weighted by atomic mass is 35.5. The van der Waals surface area contributed by atoms with Crippen molar-refractivity contribution in [3.8, 4) is 5.75 Å². The number of methoxy groups -OCH3 is 1. The number of rotatable bonds is 11. The van der Waals surface area contributed by atoms with Crippen molar-refractivity contribution >= 4 is 50.7 Å². The van der Waals surface area contributed by atoms with Crippen molar-refractivity contribution in [2.75, 3.05) is 18.0 Å². The standard InChI is InChI=1S/C32H37Cl2N3O5S/c1-22-12-18-27(19-13-22)43(40,41)37(29-11-7-10-28(33)31(29)34)21-30(38)36(20-24-14-16-26(42-3)17-15-24)23(2)32(39)35-25-8-5-4-6-9-25/h7,10-19,23,25H,4-6,8-9,20-21H2,1-3H3,(H,35,39). The van der Waals surface area contributed by atoms with Gasteiger partial charge in [-0.05, 0) is 68.7 Å². The number of aryl methyl sites for hydroxylation is 1. The maximum atomic E-state index is 14.2. The molecule has 0 spiro atoms. The number of benzene rings is 3. The lowest BCUT2D eigenvalue weighted by Gasteiger charge is -2.33. The number of amides is 2. The maximum Gasteiger partial charge on any atom is 0.264 e. The van der Waals surface area contributed by atoms with Crippen LogP contribution >= 0.6 is 23.2 Å². The molecule has 8 nitrogen and oxygen atoms in total. The van der Waals surface area contributed by atoms with E-state index in [1.807, 2.05) is 6.92 Å². The fourth-order valence-corrected chi connectivity index (χ4v) is 6.99. The summed E-state index contributed by atoms with van der Waals surface area (Å²) in [6, 6.07) is 17.3. The summed E-state index contributed by atoms with van der Waals surface area (Å²) in [5.74, 6) is -0.216. The van der Waals surface area contributed by atoms with Crippen LogP contribution < -0.4 is 14.4 Å². The zero-order chi connectivity index (χ0) is 31.1. The number of nitrogens with one attached hydrogen (secondary N) is 1. The van der Waals surface area contributed by atoms with Crippen LogP contribution in [0.25, 0.3) is 0 Å². The summed E-state index contributed by atoms with van der Waals surface area (Å²) >= 11 is 12.8. The zero-order valence-electron chi connectivity index (χ0n) is 24.6. The van der Waals surface area contributed by atoms with E-state index in [0.717, 1.165) is 47.5 Å². The summed E-state index contributed by atoms with van der Waals surface area (Å²) in [5.41, 5.74) is 1.69. The summed E-state index contributed by atoms with van der Waals surface area (Å²) in [6.45, 7) is 2.98. The first-order chi connectivity index (χ1) is 20.5. The molecule has 43 heavy (non-hydrogen) atoms. The highest BCUT2D eigenvalue weighted by Crippen LogP contribution is 2.35. The number of hydrogen-bond donors (Lipinski definition) is 1. The first kappa shape index (κ1) is 32.6. The maximum absolute atomic E-state index is 14.2. The molecule has 1 aliphatic rings. The molecular weight excluding hydrogens is 609 g/mol. The highest BCUT2D eigenvalue weighted by molar-refractivity contribution is 7.92. The lowest BCUT2D eigenvalue weighted by atomic mass is 9.95. The second-order valence-electron chi connectivity index (χ2n) is 10.8. The van der Waals surface area contributed by atoms with Crippen LogP contribution in [0.3, 0.4) is 0 Å². The second-order valence-corrected chi connectivity index (χ2v) is 13.4. The van der Waals surface area contributed by atoms with Crippen LogP contribution in [0.15, 0.2) is 71.6 Å². The van der Waals surface area contributed by atoms with Gasteiger partial charge in [-0.25, -0.2) is 8.42 Å². The average molecular weight is 647 g/mol. The summed E-state index contributed by atoms with van der Waals surface area (Å²) in [7, 11) is -2.70. The Morgan fingerprint density at radius 1 is 0.977 bits per heavy atom. The van der Waals surface area contributed by atoms with Gasteiger partial charge in [-0.1, -0.05) is 78.4 Å². The fraction of sp³-hybridized carbons (Fsp3) is 0.375. The molecule has 0 heterocycles. The molecule has 0 aliphatic heterocycles. The second kappa shape index (κ2) is 14.5. The fourth-order valence-electron chi connectivity index (χ4n) is 5.11. The summed E-state index contributed by atoms with van der Waals surface area (Å²) in [4.78, 5) is 29.0. The van der Waals surface area contributed by atoms with Crippen LogP contribution in [0.4, 0.5) is 5.69 Å². The third-order valence-electron chi connectivity index (χ3n) is 7.72. The Kier molecular flexibility index (Phi) is 11.0. The Morgan fingerprint density at radius 2 is 1.63 bits per heavy atom. The minimum absolute atomic E-state index is 0.00236. The van der Waals surface area contributed by atoms with Gasteiger partial charge in [0.05, 0.1) is 27.7 Å². The van der Waals surface area contributed by atoms with E-state index < -0.39 is 28.5 Å². The van der Waals surface area contributed by atoms with Gasteiger partial charge in [-0.3, -0.25) is 13.9 Å². The van der Waals surface area contributed by atoms with Gasteiger partial charge < -0.3 is 15.0 Å². The first-order valence-electron chi connectivity index (χ1n) is 14.3. The molecule has 1 fully saturated rings. The third-order valence-corrected chi connectivity index (χ3v) is 10.3. The largest absolute Gasteiger partial charge is 0.497 e. The lowest BCUT2D eigenvalue weighted by Crippen LogP contribution is -2.53. The Bertz CT molecular complexity index is 1530. The number of sulfonamides is 1. The SMILES string of the molecule is COc1ccc(CN(C(=O)CN(c2cccc(Cl)c2Cl)S(=O)(=O)c2ccc(C)cc2)C(C)C(=O)NC2CCCCC2)cc1. The Balaban J connectivity index is 1.70. The average Bonchev–Trinajstić information content (AvgIpc) is 3.00. The van der Waals surface area contributed by atoms with Crippen LogP contribution in [0.2, 0.25) is 10.0 Å². The van der Waals surface area contributed by atoms with Crippen LogP contribution in [0.1, 0.15) is 50.2 Å². The zero-order valence-corrected chi connectivity index (χ0v) is 26.9. The third kappa shape index (κ3) is 8.02. The molecule has 230 valence electrons. The van der Waals surface area contributed by atoms with Crippen molar-refractivity contribution in [2.45, 2.75) is 69.5 Å². The molecule has 2 amide bonds. The van der Waals surface area contributed by atoms with Gasteiger partial charge >= 0.3 is 0 Å². The van der Waals surface area contributed by atoms with Crippen LogP contribution in [0.5, 0.6) is 5.75 Å². The summed E-state index contributed by atoms with van der Waals surface area (Å²) < 4.78 is 34.3. The molecule has 0 aromatic heterocycles. The lowest BCUT2D eigenvalue weighted by molar-refractivity contribution is -0.139. The molecule has 3 aromatic carbocycles. The summed E-state index contributed by atoms with van der Waals surface area (Å²) in [5, 5.41) is 3.24. The Labute approximate surface area is 264 Å². The van der Waals surface area contributed by atoms with Crippen molar-refractivity contribution in [1.82, 2.24) is 10.2 Å². The van der Waals surface area contributed by atoms with Gasteiger partial charge in [0.1, 0.15) is 18.3 Å². The molecular formula is C32H37Cl2N3O5S. The number of carbonyl (C=O) groups is 2. The minimum atomic E-state index is -4.26. The first-order valence-corrected chi connectivity index (χ1v) is 16.5. The van der Waals surface area contributed by atoms with Gasteiger partial charge in [0, 0.05) is 12.6 Å². The van der Waals surface area contributed by atoms with Crippen LogP contribution in [-0.2, 0) is 26.2 Å². The van der Waals surface area contributed by atoms with Gasteiger partial charge in [0.2, 0.25) is 11.8 Å². The number of nitrogens with zero attached hydrogens (tertiary/aromatic N) is 2. The van der Waals surface area contributed by atoms with Gasteiger partial charge in [0.15, 0.2) is 0 Å². The quantitative estimate of drug-likeness (QED) is 0.261. The highest BCUT2D eigenvalue weighted by Gasteiger charge is 2.34. The normalized spacial score (nSPS) is 14.5. The van der Waals surface area contributed by atoms with Crippen LogP contribution in [-0.4, -0.2) is 50.9 Å². The van der Waals surface area contributed by atoms with Crippen molar-refractivity contribution in [1.29, 1.82) is 0 Å². The molecule has 11 heteroatoms. The summed E-state index contributed by atoms with van der Waals surface area (Å²) in [6.07, 6.45) is 5.00. The number of halogens is 2. The molecule has 1 saturated carbocycles. The van der Waals surface area contributed by atoms with Crippen molar-refractivity contribution in [3.05, 3.63) is 87.9 Å². The predicted molar refractivity (Wildman–Crippen MR) is 170 cm³/mol. The molecule has 0 radical (unpaired) electrons. The monoisotopic (exact) mass is 645 g/mol. The molecule has 1 aliphatic carbocycles. The van der Waals surface area contributed by atoms with E-state index in [1.165, 1.54) is 23.1 Å². The predicted octanol–water partition coefficient (Wildman–Crippen LogP) is 6.37. The minimum Gasteiger partial charge on any atom is -0.497 e. The molecule has 0 saturated heterocycles. The van der Waals surface area contributed by atoms with Crippen LogP contribution in [0, 0.1) is 6.92 Å². The van der Waals surface area contributed by atoms with Gasteiger partial charge in [-0.15, -0.1) is 0 Å². The Hall–Kier alpha value is -3.27. The van der Waals surface area contributed by atoms with E-state index in [-0.39, 0.29) is 39.1 Å². The van der Waals surface area contributed by atoms with Gasteiger partial charge in [-0.2, -0.15) is 0 Å². The molecule has 1 atom stereocenters. The Morgan fingerprint density at radius 3 is 2.26 bits per heavy atom. The molecule has 3 aromatic rings. The van der Waals surface area contributed by atoms with E-state index >= 15 is 0 Å². The number of ether oxygens (including phenoxy) is 1. The molecule has 0 bridgehead atoms. The number of hydrogen-bond acceptors (Lipinski definition) is 5. The van der Waals surface area contributed by atoms with Gasteiger partial charge in [0.25, 0.3) is 10.0 Å². The van der Waals surface area contributed by atoms with E-state index in [4.69, 9.17) is 27.9 Å². The topological polar surface area (TPSA) is 96.0 Å². The number of carbonyl (C=O) groups excluding carboxylic acids is 2. The van der Waals surface area contributed by atoms with Crippen molar-refractivity contribution in [3.63, 3.8) is 0 Å². The van der Waals surface area contributed by atoms with E-state index in [1.54, 1.807) is 62.6 Å². The van der Waals surface area contributed by atoms with E-state index in [9.17, 15) is 18.0 Å². The smallest absolute Gasteiger partial charge is 0.264 e. The van der Waals surface area contributed by atoms with E-state index in [2.05, 4.69) is 5.32 Å². The molecule has 1 unspecified atom stereocenters. The molecule has 4 rings (SSSR count). The van der Waals surface area contributed by atoms with E-state index in [0.29, 0.717) is 5.75 Å².